The highest BCUT2D eigenvalue weighted by molar-refractivity contribution is 6.32. The molecule has 4 N–H and O–H groups in total. The van der Waals surface area contributed by atoms with Gasteiger partial charge in [-0.25, -0.2) is 0 Å². The van der Waals surface area contributed by atoms with Crippen molar-refractivity contribution >= 4 is 17.6 Å². The monoisotopic (exact) mass is 229 g/mol. The number of rotatable bonds is 4. The Bertz CT molecular complexity index is 368. The number of para-hydroxylation sites is 1. The van der Waals surface area contributed by atoms with Crippen molar-refractivity contribution in [1.29, 1.82) is 0 Å². The van der Waals surface area contributed by atoms with Gasteiger partial charge in [0.2, 0.25) is 0 Å². The highest BCUT2D eigenvalue weighted by Crippen LogP contribution is 2.33. The van der Waals surface area contributed by atoms with Gasteiger partial charge in [0.25, 0.3) is 0 Å². The number of carbonyl (C=O) groups is 1. The van der Waals surface area contributed by atoms with E-state index in [2.05, 4.69) is 0 Å². The molecule has 0 amide bonds. The number of halogens is 1. The fourth-order valence-electron chi connectivity index (χ4n) is 1.39. The van der Waals surface area contributed by atoms with E-state index in [0.717, 1.165) is 0 Å². The van der Waals surface area contributed by atoms with Crippen LogP contribution >= 0.6 is 11.6 Å². The number of nitrogens with two attached hydrogens (primary N) is 1. The minimum atomic E-state index is -0.954. The molecule has 0 aliphatic carbocycles. The molecule has 1 unspecified atom stereocenters. The van der Waals surface area contributed by atoms with Gasteiger partial charge in [-0.15, -0.1) is 0 Å². The average molecular weight is 230 g/mol. The standard InChI is InChI=1S/C10H12ClNO3/c11-8-3-1-2-7(10(8)15)6(5-12)4-9(13)14/h1-3,6,15H,4-5,12H2,(H,13,14). The lowest BCUT2D eigenvalue weighted by Gasteiger charge is -2.14. The van der Waals surface area contributed by atoms with Crippen molar-refractivity contribution in [2.24, 2.45) is 5.73 Å². The Morgan fingerprint density at radius 2 is 2.20 bits per heavy atom. The number of aliphatic carboxylic acids is 1. The largest absolute Gasteiger partial charge is 0.506 e. The lowest BCUT2D eigenvalue weighted by atomic mass is 9.95. The van der Waals surface area contributed by atoms with E-state index in [1.165, 1.54) is 6.07 Å². The van der Waals surface area contributed by atoms with Crippen LogP contribution in [-0.2, 0) is 4.79 Å². The van der Waals surface area contributed by atoms with Crippen LogP contribution in [0.2, 0.25) is 5.02 Å². The van der Waals surface area contributed by atoms with E-state index < -0.39 is 11.9 Å². The van der Waals surface area contributed by atoms with Crippen LogP contribution in [0, 0.1) is 0 Å². The minimum absolute atomic E-state index is 0.0872. The lowest BCUT2D eigenvalue weighted by Crippen LogP contribution is -2.16. The second kappa shape index (κ2) is 5.00. The molecule has 1 aromatic carbocycles. The van der Waals surface area contributed by atoms with Gasteiger partial charge >= 0.3 is 5.97 Å². The molecule has 5 heteroatoms. The molecule has 1 rings (SSSR count). The van der Waals surface area contributed by atoms with Gasteiger partial charge in [-0.05, 0) is 12.6 Å². The summed E-state index contributed by atoms with van der Waals surface area (Å²) in [4.78, 5) is 10.6. The molecular weight excluding hydrogens is 218 g/mol. The highest BCUT2D eigenvalue weighted by Gasteiger charge is 2.18. The van der Waals surface area contributed by atoms with Crippen LogP contribution < -0.4 is 5.73 Å². The van der Waals surface area contributed by atoms with Gasteiger partial charge < -0.3 is 15.9 Å². The van der Waals surface area contributed by atoms with Crippen LogP contribution in [-0.4, -0.2) is 22.7 Å². The summed E-state index contributed by atoms with van der Waals surface area (Å²) in [5, 5.41) is 18.5. The number of carboxylic acids is 1. The van der Waals surface area contributed by atoms with E-state index in [9.17, 15) is 9.90 Å². The molecule has 1 atom stereocenters. The summed E-state index contributed by atoms with van der Waals surface area (Å²) >= 11 is 5.71. The number of benzene rings is 1. The van der Waals surface area contributed by atoms with Crippen LogP contribution in [0.4, 0.5) is 0 Å². The maximum atomic E-state index is 10.6. The molecule has 0 saturated carbocycles. The fourth-order valence-corrected chi connectivity index (χ4v) is 1.57. The van der Waals surface area contributed by atoms with Gasteiger partial charge in [0.05, 0.1) is 11.4 Å². The average Bonchev–Trinajstić information content (AvgIpc) is 2.19. The molecule has 82 valence electrons. The number of carboxylic acid groups (broad SMARTS) is 1. The van der Waals surface area contributed by atoms with Crippen molar-refractivity contribution in [3.8, 4) is 5.75 Å². The Kier molecular flexibility index (Phi) is 3.94. The molecule has 0 aliphatic heterocycles. The van der Waals surface area contributed by atoms with E-state index in [-0.39, 0.29) is 23.7 Å². The molecular formula is C10H12ClNO3. The van der Waals surface area contributed by atoms with Crippen molar-refractivity contribution < 1.29 is 15.0 Å². The maximum Gasteiger partial charge on any atom is 0.304 e. The molecule has 1 aromatic rings. The highest BCUT2D eigenvalue weighted by atomic mass is 35.5. The predicted octanol–water partition coefficient (Wildman–Crippen LogP) is 1.56. The summed E-state index contributed by atoms with van der Waals surface area (Å²) in [5.41, 5.74) is 5.93. The number of aromatic hydroxyl groups is 1. The van der Waals surface area contributed by atoms with Crippen LogP contribution in [0.15, 0.2) is 18.2 Å². The van der Waals surface area contributed by atoms with E-state index in [1.807, 2.05) is 0 Å². The Hall–Kier alpha value is -1.26. The molecule has 0 radical (unpaired) electrons. The second-order valence-electron chi connectivity index (χ2n) is 3.21. The van der Waals surface area contributed by atoms with Crippen LogP contribution in [0.25, 0.3) is 0 Å². The summed E-state index contributed by atoms with van der Waals surface area (Å²) in [5.74, 6) is -1.46. The van der Waals surface area contributed by atoms with Gasteiger partial charge in [-0.3, -0.25) is 4.79 Å². The first-order valence-corrected chi connectivity index (χ1v) is 4.83. The number of phenols is 1. The molecule has 0 saturated heterocycles. The Labute approximate surface area is 92.3 Å². The summed E-state index contributed by atoms with van der Waals surface area (Å²) in [6, 6.07) is 4.82. The lowest BCUT2D eigenvalue weighted by molar-refractivity contribution is -0.137. The molecule has 15 heavy (non-hydrogen) atoms. The zero-order valence-corrected chi connectivity index (χ0v) is 8.74. The molecule has 4 nitrogen and oxygen atoms in total. The Morgan fingerprint density at radius 3 is 2.73 bits per heavy atom. The fraction of sp³-hybridized carbons (Fsp3) is 0.300. The zero-order valence-electron chi connectivity index (χ0n) is 7.98. The summed E-state index contributed by atoms with van der Waals surface area (Å²) in [6.45, 7) is 0.153. The topological polar surface area (TPSA) is 83.6 Å². The van der Waals surface area contributed by atoms with E-state index in [4.69, 9.17) is 22.4 Å². The summed E-state index contributed by atoms with van der Waals surface area (Å²) in [6.07, 6.45) is -0.121. The zero-order chi connectivity index (χ0) is 11.4. The predicted molar refractivity (Wildman–Crippen MR) is 57.2 cm³/mol. The van der Waals surface area contributed by atoms with E-state index >= 15 is 0 Å². The first-order chi connectivity index (χ1) is 7.06. The van der Waals surface area contributed by atoms with E-state index in [0.29, 0.717) is 5.56 Å². The van der Waals surface area contributed by atoms with Gasteiger partial charge in [0, 0.05) is 11.5 Å². The van der Waals surface area contributed by atoms with Crippen LogP contribution in [0.1, 0.15) is 17.9 Å². The Balaban J connectivity index is 3.01. The third-order valence-electron chi connectivity index (χ3n) is 2.16. The van der Waals surface area contributed by atoms with Crippen LogP contribution in [0.3, 0.4) is 0 Å². The smallest absolute Gasteiger partial charge is 0.304 e. The Morgan fingerprint density at radius 1 is 1.53 bits per heavy atom. The maximum absolute atomic E-state index is 10.6. The normalized spacial score (nSPS) is 12.4. The first-order valence-electron chi connectivity index (χ1n) is 4.45. The summed E-state index contributed by atoms with van der Waals surface area (Å²) < 4.78 is 0. The molecule has 0 aliphatic rings. The van der Waals surface area contributed by atoms with Gasteiger partial charge in [0.1, 0.15) is 5.75 Å². The molecule has 0 fully saturated rings. The van der Waals surface area contributed by atoms with E-state index in [1.54, 1.807) is 12.1 Å². The second-order valence-corrected chi connectivity index (χ2v) is 3.62. The molecule has 0 spiro atoms. The SMILES string of the molecule is NCC(CC(=O)O)c1cccc(Cl)c1O. The molecule has 0 aromatic heterocycles. The first kappa shape index (κ1) is 11.8. The molecule has 0 heterocycles. The quantitative estimate of drug-likeness (QED) is 0.732. The number of hydrogen-bond acceptors (Lipinski definition) is 3. The van der Waals surface area contributed by atoms with Gasteiger partial charge in [-0.2, -0.15) is 0 Å². The number of phenolic OH excluding ortho intramolecular Hbond substituents is 1. The van der Waals surface area contributed by atoms with Crippen molar-refractivity contribution in [3.05, 3.63) is 28.8 Å². The number of hydrogen-bond donors (Lipinski definition) is 3. The molecule has 0 bridgehead atoms. The van der Waals surface area contributed by atoms with Gasteiger partial charge in [0.15, 0.2) is 0 Å². The third-order valence-corrected chi connectivity index (χ3v) is 2.47. The van der Waals surface area contributed by atoms with Crippen molar-refractivity contribution in [2.75, 3.05) is 6.54 Å². The van der Waals surface area contributed by atoms with Crippen molar-refractivity contribution in [3.63, 3.8) is 0 Å². The van der Waals surface area contributed by atoms with Crippen molar-refractivity contribution in [2.45, 2.75) is 12.3 Å². The summed E-state index contributed by atoms with van der Waals surface area (Å²) in [7, 11) is 0. The minimum Gasteiger partial charge on any atom is -0.506 e. The van der Waals surface area contributed by atoms with Crippen molar-refractivity contribution in [1.82, 2.24) is 0 Å². The van der Waals surface area contributed by atoms with Crippen LogP contribution in [0.5, 0.6) is 5.75 Å². The van der Waals surface area contributed by atoms with Gasteiger partial charge in [-0.1, -0.05) is 23.7 Å². The third kappa shape index (κ3) is 2.84.